The first-order valence-corrected chi connectivity index (χ1v) is 7.25. The van der Waals surface area contributed by atoms with E-state index in [0.717, 1.165) is 12.4 Å². The van der Waals surface area contributed by atoms with Crippen molar-refractivity contribution in [2.45, 2.75) is 25.6 Å². The fraction of sp³-hybridized carbons (Fsp3) is 0.429. The summed E-state index contributed by atoms with van der Waals surface area (Å²) in [6, 6.07) is 0. The number of anilines is 1. The Bertz CT molecular complexity index is 742. The van der Waals surface area contributed by atoms with Crippen LogP contribution < -0.4 is 5.32 Å². The molecule has 0 saturated heterocycles. The second kappa shape index (κ2) is 6.10. The molecule has 0 fully saturated rings. The lowest BCUT2D eigenvalue weighted by molar-refractivity contribution is -0.141. The van der Waals surface area contributed by atoms with E-state index in [0.29, 0.717) is 37.6 Å². The van der Waals surface area contributed by atoms with Crippen molar-refractivity contribution in [3.8, 4) is 0 Å². The first kappa shape index (κ1) is 16.2. The molecule has 0 spiro atoms. The van der Waals surface area contributed by atoms with E-state index >= 15 is 0 Å². The van der Waals surface area contributed by atoms with Crippen LogP contribution in [0.4, 0.5) is 19.0 Å². The molecule has 0 aromatic carbocycles. The van der Waals surface area contributed by atoms with Gasteiger partial charge in [0.05, 0.1) is 12.4 Å². The number of aryl methyl sites for hydroxylation is 1. The largest absolute Gasteiger partial charge is 0.476 e. The molecule has 3 heterocycles. The molecule has 10 heteroatoms. The molecule has 0 radical (unpaired) electrons. The first-order chi connectivity index (χ1) is 11.3. The van der Waals surface area contributed by atoms with Gasteiger partial charge in [-0.05, 0) is 12.3 Å². The summed E-state index contributed by atoms with van der Waals surface area (Å²) in [5.74, 6) is -0.167. The molecule has 2 aromatic heterocycles. The van der Waals surface area contributed by atoms with Gasteiger partial charge < -0.3 is 15.0 Å². The molecular formula is C14H14F3N5O2. The number of halogens is 3. The van der Waals surface area contributed by atoms with Gasteiger partial charge in [0.25, 0.3) is 0 Å². The van der Waals surface area contributed by atoms with E-state index in [1.54, 1.807) is 0 Å². The average Bonchev–Trinajstić information content (AvgIpc) is 2.97. The Morgan fingerprint density at radius 3 is 2.79 bits per heavy atom. The van der Waals surface area contributed by atoms with E-state index in [1.807, 2.05) is 0 Å². The van der Waals surface area contributed by atoms with E-state index in [1.165, 1.54) is 10.8 Å². The number of imidazole rings is 1. The van der Waals surface area contributed by atoms with Crippen molar-refractivity contribution in [2.24, 2.45) is 5.92 Å². The Hall–Kier alpha value is -2.65. The number of alkyl halides is 3. The lowest BCUT2D eigenvalue weighted by Gasteiger charge is -2.24. The Morgan fingerprint density at radius 2 is 2.17 bits per heavy atom. The van der Waals surface area contributed by atoms with Crippen molar-refractivity contribution in [3.05, 3.63) is 35.8 Å². The van der Waals surface area contributed by atoms with Crippen LogP contribution in [-0.2, 0) is 19.1 Å². The number of carbonyl (C=O) groups is 1. The molecule has 1 unspecified atom stereocenters. The number of aromatic nitrogens is 4. The molecule has 1 aliphatic heterocycles. The van der Waals surface area contributed by atoms with Gasteiger partial charge in [0, 0.05) is 25.7 Å². The quantitative estimate of drug-likeness (QED) is 0.884. The molecule has 3 rings (SSSR count). The molecule has 0 amide bonds. The van der Waals surface area contributed by atoms with Crippen molar-refractivity contribution in [2.75, 3.05) is 11.9 Å². The number of aromatic carboxylic acids is 1. The van der Waals surface area contributed by atoms with Crippen LogP contribution in [0.3, 0.4) is 0 Å². The van der Waals surface area contributed by atoms with E-state index in [2.05, 4.69) is 20.3 Å². The van der Waals surface area contributed by atoms with E-state index in [9.17, 15) is 18.0 Å². The summed E-state index contributed by atoms with van der Waals surface area (Å²) >= 11 is 0. The highest BCUT2D eigenvalue weighted by atomic mass is 19.4. The molecule has 24 heavy (non-hydrogen) atoms. The molecule has 7 nitrogen and oxygen atoms in total. The third-order valence-electron chi connectivity index (χ3n) is 3.82. The molecule has 2 N–H and O–H groups in total. The zero-order valence-corrected chi connectivity index (χ0v) is 12.4. The van der Waals surface area contributed by atoms with E-state index in [-0.39, 0.29) is 11.6 Å². The lowest BCUT2D eigenvalue weighted by atomic mass is 9.99. The summed E-state index contributed by atoms with van der Waals surface area (Å²) in [7, 11) is 0. The van der Waals surface area contributed by atoms with Crippen LogP contribution in [0.2, 0.25) is 0 Å². The van der Waals surface area contributed by atoms with E-state index in [4.69, 9.17) is 5.11 Å². The second-order valence-electron chi connectivity index (χ2n) is 5.57. The van der Waals surface area contributed by atoms with Crippen molar-refractivity contribution in [1.29, 1.82) is 0 Å². The van der Waals surface area contributed by atoms with Crippen molar-refractivity contribution >= 4 is 11.8 Å². The summed E-state index contributed by atoms with van der Waals surface area (Å²) in [5.41, 5.74) is -1.01. The lowest BCUT2D eigenvalue weighted by Crippen LogP contribution is -2.26. The molecule has 1 atom stereocenters. The second-order valence-corrected chi connectivity index (χ2v) is 5.57. The molecule has 128 valence electrons. The summed E-state index contributed by atoms with van der Waals surface area (Å²) in [4.78, 5) is 22.0. The highest BCUT2D eigenvalue weighted by molar-refractivity contribution is 5.84. The molecular weight excluding hydrogens is 327 g/mol. The molecule has 0 aliphatic carbocycles. The molecule has 0 bridgehead atoms. The summed E-state index contributed by atoms with van der Waals surface area (Å²) < 4.78 is 39.6. The Kier molecular flexibility index (Phi) is 4.12. The smallest absolute Gasteiger partial charge is 0.434 e. The zero-order valence-electron chi connectivity index (χ0n) is 12.4. The topological polar surface area (TPSA) is 92.9 Å². The number of carboxylic acid groups (broad SMARTS) is 1. The van der Waals surface area contributed by atoms with Crippen LogP contribution >= 0.6 is 0 Å². The van der Waals surface area contributed by atoms with Gasteiger partial charge in [-0.2, -0.15) is 13.2 Å². The number of nitrogens with zero attached hydrogens (tertiary/aromatic N) is 4. The summed E-state index contributed by atoms with van der Waals surface area (Å²) in [6.07, 6.45) is 0.266. The summed E-state index contributed by atoms with van der Waals surface area (Å²) in [5, 5.41) is 11.8. The van der Waals surface area contributed by atoms with Crippen LogP contribution in [0.1, 0.15) is 28.4 Å². The van der Waals surface area contributed by atoms with Gasteiger partial charge >= 0.3 is 12.1 Å². The molecule has 2 aromatic rings. The first-order valence-electron chi connectivity index (χ1n) is 7.25. The maximum absolute atomic E-state index is 12.7. The fourth-order valence-corrected chi connectivity index (χ4v) is 2.60. The maximum atomic E-state index is 12.7. The van der Waals surface area contributed by atoms with E-state index < -0.39 is 17.8 Å². The van der Waals surface area contributed by atoms with Crippen LogP contribution in [0.15, 0.2) is 18.6 Å². The monoisotopic (exact) mass is 341 g/mol. The van der Waals surface area contributed by atoms with Gasteiger partial charge in [0.2, 0.25) is 0 Å². The molecule has 1 aliphatic rings. The minimum absolute atomic E-state index is 0.119. The van der Waals surface area contributed by atoms with Gasteiger partial charge in [0.1, 0.15) is 11.6 Å². The van der Waals surface area contributed by atoms with Gasteiger partial charge in [-0.25, -0.2) is 19.7 Å². The fourth-order valence-electron chi connectivity index (χ4n) is 2.60. The number of nitrogens with one attached hydrogen (secondary N) is 1. The minimum Gasteiger partial charge on any atom is -0.476 e. The number of carboxylic acids is 1. The van der Waals surface area contributed by atoms with Crippen LogP contribution in [0, 0.1) is 5.92 Å². The Morgan fingerprint density at radius 1 is 1.38 bits per heavy atom. The minimum atomic E-state index is -4.43. The zero-order chi connectivity index (χ0) is 17.3. The maximum Gasteiger partial charge on any atom is 0.434 e. The van der Waals surface area contributed by atoms with Crippen molar-refractivity contribution in [3.63, 3.8) is 0 Å². The third kappa shape index (κ3) is 3.47. The van der Waals surface area contributed by atoms with Gasteiger partial charge in [-0.3, -0.25) is 0 Å². The highest BCUT2D eigenvalue weighted by Gasteiger charge is 2.35. The predicted molar refractivity (Wildman–Crippen MR) is 76.5 cm³/mol. The van der Waals surface area contributed by atoms with Crippen molar-refractivity contribution < 1.29 is 23.1 Å². The standard InChI is InChI=1S/C14H14F3N5O2/c15-14(16,17)10-7-22-6-8(1-2-12(22)21-10)3-19-11-5-18-9(4-20-11)13(23)24/h4-5,7-8H,1-3,6H2,(H,19,20)(H,23,24). The average molecular weight is 341 g/mol. The summed E-state index contributed by atoms with van der Waals surface area (Å²) in [6.45, 7) is 0.937. The molecule has 0 saturated carbocycles. The Labute approximate surface area is 134 Å². The number of fused-ring (bicyclic) bond motifs is 1. The number of hydrogen-bond acceptors (Lipinski definition) is 5. The van der Waals surface area contributed by atoms with Crippen LogP contribution in [0.5, 0.6) is 0 Å². The van der Waals surface area contributed by atoms with Crippen LogP contribution in [0.25, 0.3) is 0 Å². The Balaban J connectivity index is 1.60. The SMILES string of the molecule is O=C(O)c1cnc(NCC2CCc3nc(C(F)(F)F)cn3C2)cn1. The third-order valence-corrected chi connectivity index (χ3v) is 3.82. The number of hydrogen-bond donors (Lipinski definition) is 2. The number of rotatable bonds is 4. The van der Waals surface area contributed by atoms with Gasteiger partial charge in [0.15, 0.2) is 11.4 Å². The van der Waals surface area contributed by atoms with Gasteiger partial charge in [-0.15, -0.1) is 0 Å². The van der Waals surface area contributed by atoms with Gasteiger partial charge in [-0.1, -0.05) is 0 Å². The normalized spacial score (nSPS) is 17.4. The predicted octanol–water partition coefficient (Wildman–Crippen LogP) is 2.06. The van der Waals surface area contributed by atoms with Crippen molar-refractivity contribution in [1.82, 2.24) is 19.5 Å². The van der Waals surface area contributed by atoms with Crippen LogP contribution in [-0.4, -0.2) is 37.1 Å². The highest BCUT2D eigenvalue weighted by Crippen LogP contribution is 2.30.